The molecule has 3 N–H and O–H groups in total. The molecule has 1 aromatic rings. The molecular weight excluding hydrogens is 230 g/mol. The summed E-state index contributed by atoms with van der Waals surface area (Å²) in [6.45, 7) is 1.92. The number of hydrogen-bond acceptors (Lipinski definition) is 3. The van der Waals surface area contributed by atoms with E-state index < -0.39 is 5.97 Å². The first-order valence-electron chi connectivity index (χ1n) is 4.95. The van der Waals surface area contributed by atoms with Gasteiger partial charge in [-0.1, -0.05) is 17.7 Å². The lowest BCUT2D eigenvalue weighted by Gasteiger charge is -2.16. The average Bonchev–Trinajstić information content (AvgIpc) is 2.17. The molecule has 5 heteroatoms. The molecule has 0 bridgehead atoms. The first-order valence-corrected chi connectivity index (χ1v) is 5.33. The van der Waals surface area contributed by atoms with Crippen molar-refractivity contribution in [3.05, 3.63) is 28.8 Å². The topological polar surface area (TPSA) is 69.6 Å². The molecule has 0 radical (unpaired) electrons. The van der Waals surface area contributed by atoms with E-state index in [2.05, 4.69) is 5.32 Å². The minimum Gasteiger partial charge on any atom is -0.478 e. The third-order valence-corrected chi connectivity index (χ3v) is 2.51. The van der Waals surface area contributed by atoms with Gasteiger partial charge in [0, 0.05) is 12.6 Å². The summed E-state index contributed by atoms with van der Waals surface area (Å²) in [5, 5.41) is 21.0. The third-order valence-electron chi connectivity index (χ3n) is 2.19. The molecule has 0 aliphatic rings. The molecule has 0 aliphatic heterocycles. The molecule has 0 aliphatic carbocycles. The number of rotatable bonds is 5. The molecule has 16 heavy (non-hydrogen) atoms. The van der Waals surface area contributed by atoms with E-state index in [9.17, 15) is 4.79 Å². The lowest BCUT2D eigenvalue weighted by atomic mass is 10.1. The Labute approximate surface area is 98.9 Å². The van der Waals surface area contributed by atoms with E-state index in [0.29, 0.717) is 12.1 Å². The number of carboxylic acid groups (broad SMARTS) is 1. The number of halogens is 1. The number of aliphatic hydroxyl groups is 1. The fraction of sp³-hybridized carbons (Fsp3) is 0.364. The van der Waals surface area contributed by atoms with Crippen LogP contribution < -0.4 is 5.32 Å². The Morgan fingerprint density at radius 3 is 2.81 bits per heavy atom. The lowest BCUT2D eigenvalue weighted by Crippen LogP contribution is -2.18. The average molecular weight is 244 g/mol. The second kappa shape index (κ2) is 5.72. The van der Waals surface area contributed by atoms with Gasteiger partial charge in [0.05, 0.1) is 10.7 Å². The minimum absolute atomic E-state index is 0.0124. The van der Waals surface area contributed by atoms with Crippen molar-refractivity contribution in [2.75, 3.05) is 11.9 Å². The second-order valence-electron chi connectivity index (χ2n) is 3.53. The summed E-state index contributed by atoms with van der Waals surface area (Å²) < 4.78 is 0. The first kappa shape index (κ1) is 12.8. The van der Waals surface area contributed by atoms with Crippen molar-refractivity contribution in [1.29, 1.82) is 0 Å². The van der Waals surface area contributed by atoms with Gasteiger partial charge in [0.15, 0.2) is 0 Å². The maximum absolute atomic E-state index is 11.0. The van der Waals surface area contributed by atoms with Crippen LogP contribution in [0.25, 0.3) is 0 Å². The monoisotopic (exact) mass is 243 g/mol. The number of benzene rings is 1. The van der Waals surface area contributed by atoms with Gasteiger partial charge in [0.2, 0.25) is 0 Å². The van der Waals surface area contributed by atoms with Crippen LogP contribution >= 0.6 is 11.6 Å². The predicted octanol–water partition coefficient (Wildman–Crippen LogP) is 2.22. The number of carbonyl (C=O) groups is 1. The SMILES string of the molecule is CC(CCO)Nc1cccc(Cl)c1C(=O)O. The van der Waals surface area contributed by atoms with Crippen LogP contribution in [0.1, 0.15) is 23.7 Å². The summed E-state index contributed by atoms with van der Waals surface area (Å²) >= 11 is 5.81. The van der Waals surface area contributed by atoms with Crippen LogP contribution in [0, 0.1) is 0 Å². The highest BCUT2D eigenvalue weighted by Gasteiger charge is 2.15. The molecular formula is C11H14ClNO3. The van der Waals surface area contributed by atoms with Gasteiger partial charge in [-0.15, -0.1) is 0 Å². The Bertz CT molecular complexity index is 381. The zero-order valence-electron chi connectivity index (χ0n) is 8.90. The van der Waals surface area contributed by atoms with Crippen molar-refractivity contribution in [3.63, 3.8) is 0 Å². The Morgan fingerprint density at radius 2 is 2.25 bits per heavy atom. The zero-order chi connectivity index (χ0) is 12.1. The lowest BCUT2D eigenvalue weighted by molar-refractivity contribution is 0.0698. The van der Waals surface area contributed by atoms with Crippen LogP contribution in [0.5, 0.6) is 0 Å². The Kier molecular flexibility index (Phi) is 4.58. The summed E-state index contributed by atoms with van der Waals surface area (Å²) in [5.41, 5.74) is 0.537. The van der Waals surface area contributed by atoms with Gasteiger partial charge < -0.3 is 15.5 Å². The Morgan fingerprint density at radius 1 is 1.56 bits per heavy atom. The van der Waals surface area contributed by atoms with Gasteiger partial charge in [0.25, 0.3) is 0 Å². The highest BCUT2D eigenvalue weighted by Crippen LogP contribution is 2.25. The van der Waals surface area contributed by atoms with E-state index in [1.807, 2.05) is 6.92 Å². The highest BCUT2D eigenvalue weighted by molar-refractivity contribution is 6.34. The molecule has 1 aromatic carbocycles. The number of aliphatic hydroxyl groups excluding tert-OH is 1. The summed E-state index contributed by atoms with van der Waals surface area (Å²) in [7, 11) is 0. The summed E-state index contributed by atoms with van der Waals surface area (Å²) in [6, 6.07) is 4.86. The molecule has 0 amide bonds. The number of carboxylic acids is 1. The van der Waals surface area contributed by atoms with Gasteiger partial charge in [-0.2, -0.15) is 0 Å². The van der Waals surface area contributed by atoms with E-state index in [1.54, 1.807) is 12.1 Å². The molecule has 1 unspecified atom stereocenters. The van der Waals surface area contributed by atoms with Gasteiger partial charge in [-0.25, -0.2) is 4.79 Å². The number of anilines is 1. The molecule has 4 nitrogen and oxygen atoms in total. The molecule has 88 valence electrons. The van der Waals surface area contributed by atoms with E-state index in [0.717, 1.165) is 0 Å². The van der Waals surface area contributed by atoms with E-state index in [4.69, 9.17) is 21.8 Å². The molecule has 1 atom stereocenters. The molecule has 0 saturated heterocycles. The highest BCUT2D eigenvalue weighted by atomic mass is 35.5. The van der Waals surface area contributed by atoms with Crippen molar-refractivity contribution in [2.45, 2.75) is 19.4 Å². The molecule has 0 fully saturated rings. The fourth-order valence-electron chi connectivity index (χ4n) is 1.39. The molecule has 0 heterocycles. The maximum Gasteiger partial charge on any atom is 0.339 e. The van der Waals surface area contributed by atoms with Gasteiger partial charge in [-0.3, -0.25) is 0 Å². The summed E-state index contributed by atoms with van der Waals surface area (Å²) in [5.74, 6) is -1.07. The van der Waals surface area contributed by atoms with Gasteiger partial charge >= 0.3 is 5.97 Å². The maximum atomic E-state index is 11.0. The molecule has 0 aromatic heterocycles. The van der Waals surface area contributed by atoms with Crippen molar-refractivity contribution >= 4 is 23.3 Å². The number of hydrogen-bond donors (Lipinski definition) is 3. The number of nitrogens with one attached hydrogen (secondary N) is 1. The molecule has 1 rings (SSSR count). The van der Waals surface area contributed by atoms with Gasteiger partial charge in [0.1, 0.15) is 5.56 Å². The van der Waals surface area contributed by atoms with E-state index >= 15 is 0 Å². The van der Waals surface area contributed by atoms with Crippen LogP contribution in [-0.2, 0) is 0 Å². The quantitative estimate of drug-likeness (QED) is 0.742. The van der Waals surface area contributed by atoms with Crippen LogP contribution in [0.15, 0.2) is 18.2 Å². The first-order chi connectivity index (χ1) is 7.56. The minimum atomic E-state index is -1.07. The second-order valence-corrected chi connectivity index (χ2v) is 3.93. The summed E-state index contributed by atoms with van der Waals surface area (Å²) in [6.07, 6.45) is 0.547. The van der Waals surface area contributed by atoms with Crippen molar-refractivity contribution in [3.8, 4) is 0 Å². The third kappa shape index (κ3) is 3.12. The largest absolute Gasteiger partial charge is 0.478 e. The molecule has 0 saturated carbocycles. The van der Waals surface area contributed by atoms with Crippen LogP contribution in [0.2, 0.25) is 5.02 Å². The normalized spacial score (nSPS) is 12.2. The summed E-state index contributed by atoms with van der Waals surface area (Å²) in [4.78, 5) is 11.0. The smallest absolute Gasteiger partial charge is 0.339 e. The van der Waals surface area contributed by atoms with Crippen LogP contribution in [0.3, 0.4) is 0 Å². The standard InChI is InChI=1S/C11H14ClNO3/c1-7(5-6-14)13-9-4-2-3-8(12)10(9)11(15)16/h2-4,7,13-14H,5-6H2,1H3,(H,15,16). The van der Waals surface area contributed by atoms with Gasteiger partial charge in [-0.05, 0) is 25.5 Å². The van der Waals surface area contributed by atoms with E-state index in [-0.39, 0.29) is 23.2 Å². The number of aromatic carboxylic acids is 1. The van der Waals surface area contributed by atoms with Crippen LogP contribution in [-0.4, -0.2) is 28.8 Å². The van der Waals surface area contributed by atoms with E-state index in [1.165, 1.54) is 6.07 Å². The Hall–Kier alpha value is -1.26. The molecule has 0 spiro atoms. The van der Waals surface area contributed by atoms with Crippen molar-refractivity contribution in [1.82, 2.24) is 0 Å². The predicted molar refractivity (Wildman–Crippen MR) is 63.2 cm³/mol. The fourth-order valence-corrected chi connectivity index (χ4v) is 1.65. The Balaban J connectivity index is 2.95. The van der Waals surface area contributed by atoms with Crippen LogP contribution in [0.4, 0.5) is 5.69 Å². The van der Waals surface area contributed by atoms with Crippen molar-refractivity contribution in [2.24, 2.45) is 0 Å². The zero-order valence-corrected chi connectivity index (χ0v) is 9.66. The van der Waals surface area contributed by atoms with Crippen molar-refractivity contribution < 1.29 is 15.0 Å².